The van der Waals surface area contributed by atoms with Crippen LogP contribution in [-0.2, 0) is 11.4 Å². The molecule has 0 saturated heterocycles. The Morgan fingerprint density at radius 1 is 1.32 bits per heavy atom. The van der Waals surface area contributed by atoms with Crippen LogP contribution in [0.4, 0.5) is 11.5 Å². The molecule has 0 radical (unpaired) electrons. The molecule has 0 saturated carbocycles. The minimum Gasteiger partial charge on any atom is -0.473 e. The third kappa shape index (κ3) is 3.67. The van der Waals surface area contributed by atoms with Crippen LogP contribution in [0, 0.1) is 0 Å². The maximum Gasteiger partial charge on any atom is 0.221 e. The van der Waals surface area contributed by atoms with Crippen LogP contribution in [0.25, 0.3) is 0 Å². The van der Waals surface area contributed by atoms with Gasteiger partial charge < -0.3 is 15.8 Å². The number of nitrogens with two attached hydrogens (primary N) is 1. The molecular weight excluding hydrogens is 244 g/mol. The first-order valence-electron chi connectivity index (χ1n) is 5.71. The van der Waals surface area contributed by atoms with E-state index in [1.54, 1.807) is 24.5 Å². The Labute approximate surface area is 110 Å². The number of hydrogen-bond donors (Lipinski definition) is 2. The van der Waals surface area contributed by atoms with Gasteiger partial charge in [0, 0.05) is 25.4 Å². The fraction of sp³-hybridized carbons (Fsp3) is 0.154. The van der Waals surface area contributed by atoms with Crippen LogP contribution in [0.3, 0.4) is 0 Å². The Morgan fingerprint density at radius 3 is 2.68 bits per heavy atom. The third-order valence-corrected chi connectivity index (χ3v) is 2.35. The van der Waals surface area contributed by atoms with E-state index in [1.165, 1.54) is 6.92 Å². The number of carbonyl (C=O) groups excluding carboxylic acids is 1. The predicted molar refractivity (Wildman–Crippen MR) is 71.5 cm³/mol. The summed E-state index contributed by atoms with van der Waals surface area (Å²) in [6.07, 6.45) is 3.39. The number of nitrogen functional groups attached to an aromatic ring is 1. The predicted octanol–water partition coefficient (Wildman–Crippen LogP) is 1.60. The van der Waals surface area contributed by atoms with Crippen molar-refractivity contribution >= 4 is 17.4 Å². The van der Waals surface area contributed by atoms with Crippen LogP contribution < -0.4 is 15.8 Å². The van der Waals surface area contributed by atoms with Gasteiger partial charge in [-0.05, 0) is 23.8 Å². The highest BCUT2D eigenvalue weighted by Gasteiger charge is 2.05. The molecule has 0 spiro atoms. The van der Waals surface area contributed by atoms with E-state index in [9.17, 15) is 4.79 Å². The van der Waals surface area contributed by atoms with Crippen LogP contribution in [0.5, 0.6) is 5.88 Å². The summed E-state index contributed by atoms with van der Waals surface area (Å²) >= 11 is 0. The van der Waals surface area contributed by atoms with E-state index in [2.05, 4.69) is 15.3 Å². The SMILES string of the molecule is CC(=O)Nc1ccc(OCc2ccncc2)nc1N. The Balaban J connectivity index is 2.02. The van der Waals surface area contributed by atoms with Crippen LogP contribution in [0.15, 0.2) is 36.7 Å². The molecule has 98 valence electrons. The van der Waals surface area contributed by atoms with Gasteiger partial charge in [0.15, 0.2) is 5.82 Å². The second-order valence-electron chi connectivity index (χ2n) is 3.91. The van der Waals surface area contributed by atoms with Gasteiger partial charge in [-0.2, -0.15) is 4.98 Å². The van der Waals surface area contributed by atoms with E-state index in [0.29, 0.717) is 18.2 Å². The zero-order valence-corrected chi connectivity index (χ0v) is 10.5. The molecule has 1 amide bonds. The van der Waals surface area contributed by atoms with E-state index in [4.69, 9.17) is 10.5 Å². The summed E-state index contributed by atoms with van der Waals surface area (Å²) < 4.78 is 5.50. The fourth-order valence-corrected chi connectivity index (χ4v) is 1.47. The van der Waals surface area contributed by atoms with E-state index < -0.39 is 0 Å². The quantitative estimate of drug-likeness (QED) is 0.869. The minimum atomic E-state index is -0.195. The molecule has 2 aromatic rings. The van der Waals surface area contributed by atoms with Crippen LogP contribution in [0.2, 0.25) is 0 Å². The molecule has 0 fully saturated rings. The van der Waals surface area contributed by atoms with Gasteiger partial charge in [0.25, 0.3) is 0 Å². The molecule has 0 atom stereocenters. The number of nitrogens with one attached hydrogen (secondary N) is 1. The van der Waals surface area contributed by atoms with Gasteiger partial charge in [0.2, 0.25) is 11.8 Å². The Kier molecular flexibility index (Phi) is 3.92. The van der Waals surface area contributed by atoms with Gasteiger partial charge in [-0.1, -0.05) is 0 Å². The smallest absolute Gasteiger partial charge is 0.221 e. The maximum atomic E-state index is 10.9. The summed E-state index contributed by atoms with van der Waals surface area (Å²) in [5, 5.41) is 2.58. The molecule has 19 heavy (non-hydrogen) atoms. The number of amides is 1. The zero-order chi connectivity index (χ0) is 13.7. The molecule has 0 aromatic carbocycles. The van der Waals surface area contributed by atoms with Crippen molar-refractivity contribution in [3.63, 3.8) is 0 Å². The van der Waals surface area contributed by atoms with Crippen molar-refractivity contribution in [3.05, 3.63) is 42.2 Å². The summed E-state index contributed by atoms with van der Waals surface area (Å²) in [7, 11) is 0. The normalized spacial score (nSPS) is 9.95. The van der Waals surface area contributed by atoms with E-state index in [-0.39, 0.29) is 11.7 Å². The van der Waals surface area contributed by atoms with E-state index in [1.807, 2.05) is 12.1 Å². The number of hydrogen-bond acceptors (Lipinski definition) is 5. The second kappa shape index (κ2) is 5.81. The van der Waals surface area contributed by atoms with Crippen molar-refractivity contribution in [3.8, 4) is 5.88 Å². The molecule has 2 heterocycles. The van der Waals surface area contributed by atoms with Gasteiger partial charge in [-0.15, -0.1) is 0 Å². The number of nitrogens with zero attached hydrogens (tertiary/aromatic N) is 2. The van der Waals surface area contributed by atoms with Crippen LogP contribution in [0.1, 0.15) is 12.5 Å². The number of ether oxygens (including phenoxy) is 1. The lowest BCUT2D eigenvalue weighted by atomic mass is 10.3. The largest absolute Gasteiger partial charge is 0.473 e. The van der Waals surface area contributed by atoms with Gasteiger partial charge in [-0.25, -0.2) is 0 Å². The van der Waals surface area contributed by atoms with Gasteiger partial charge in [-0.3, -0.25) is 9.78 Å². The van der Waals surface area contributed by atoms with Gasteiger partial charge in [0.1, 0.15) is 6.61 Å². The van der Waals surface area contributed by atoms with E-state index in [0.717, 1.165) is 5.56 Å². The number of aromatic nitrogens is 2. The number of rotatable bonds is 4. The molecule has 0 aliphatic heterocycles. The molecule has 0 aliphatic rings. The molecule has 0 bridgehead atoms. The lowest BCUT2D eigenvalue weighted by molar-refractivity contribution is -0.114. The van der Waals surface area contributed by atoms with Crippen molar-refractivity contribution in [1.29, 1.82) is 0 Å². The Hall–Kier alpha value is -2.63. The Morgan fingerprint density at radius 2 is 2.05 bits per heavy atom. The van der Waals surface area contributed by atoms with Crippen LogP contribution in [-0.4, -0.2) is 15.9 Å². The molecular formula is C13H14N4O2. The standard InChI is InChI=1S/C13H14N4O2/c1-9(18)16-11-2-3-12(17-13(11)14)19-8-10-4-6-15-7-5-10/h2-7H,8H2,1H3,(H2,14,17)(H,16,18). The summed E-state index contributed by atoms with van der Waals surface area (Å²) in [5.74, 6) is 0.435. The second-order valence-corrected chi connectivity index (χ2v) is 3.91. The average Bonchev–Trinajstić information content (AvgIpc) is 2.40. The number of carbonyl (C=O) groups is 1. The molecule has 2 rings (SSSR count). The van der Waals surface area contributed by atoms with Crippen molar-refractivity contribution in [2.75, 3.05) is 11.1 Å². The first-order chi connectivity index (χ1) is 9.15. The molecule has 6 heteroatoms. The van der Waals surface area contributed by atoms with Gasteiger partial charge in [0.05, 0.1) is 5.69 Å². The highest BCUT2D eigenvalue weighted by Crippen LogP contribution is 2.20. The summed E-state index contributed by atoms with van der Waals surface area (Å²) in [4.78, 5) is 18.9. The number of pyridine rings is 2. The lowest BCUT2D eigenvalue weighted by Gasteiger charge is -2.09. The van der Waals surface area contributed by atoms with Gasteiger partial charge >= 0.3 is 0 Å². The first kappa shape index (κ1) is 12.8. The Bertz CT molecular complexity index is 572. The maximum absolute atomic E-state index is 10.9. The van der Waals surface area contributed by atoms with Crippen molar-refractivity contribution < 1.29 is 9.53 Å². The van der Waals surface area contributed by atoms with E-state index >= 15 is 0 Å². The topological polar surface area (TPSA) is 90.1 Å². The zero-order valence-electron chi connectivity index (χ0n) is 10.5. The highest BCUT2D eigenvalue weighted by molar-refractivity contribution is 5.91. The van der Waals surface area contributed by atoms with Crippen molar-refractivity contribution in [1.82, 2.24) is 9.97 Å². The third-order valence-electron chi connectivity index (χ3n) is 2.35. The highest BCUT2D eigenvalue weighted by atomic mass is 16.5. The van der Waals surface area contributed by atoms with Crippen molar-refractivity contribution in [2.45, 2.75) is 13.5 Å². The fourth-order valence-electron chi connectivity index (χ4n) is 1.47. The molecule has 6 nitrogen and oxygen atoms in total. The minimum absolute atomic E-state index is 0.195. The molecule has 2 aromatic heterocycles. The average molecular weight is 258 g/mol. The molecule has 3 N–H and O–H groups in total. The summed E-state index contributed by atoms with van der Waals surface area (Å²) in [6.45, 7) is 1.79. The van der Waals surface area contributed by atoms with Crippen molar-refractivity contribution in [2.24, 2.45) is 0 Å². The summed E-state index contributed by atoms with van der Waals surface area (Å²) in [6, 6.07) is 7.03. The number of anilines is 2. The molecule has 0 unspecified atom stereocenters. The first-order valence-corrected chi connectivity index (χ1v) is 5.71. The van der Waals surface area contributed by atoms with Crippen LogP contribution >= 0.6 is 0 Å². The monoisotopic (exact) mass is 258 g/mol. The lowest BCUT2D eigenvalue weighted by Crippen LogP contribution is -2.09. The molecule has 0 aliphatic carbocycles. The summed E-state index contributed by atoms with van der Waals surface area (Å²) in [5.41, 5.74) is 7.19.